The molecule has 2 rings (SSSR count). The van der Waals surface area contributed by atoms with Crippen LogP contribution in [0.4, 0.5) is 0 Å². The minimum absolute atomic E-state index is 0.145. The molecule has 18 heavy (non-hydrogen) atoms. The van der Waals surface area contributed by atoms with Crippen LogP contribution in [-0.4, -0.2) is 34.2 Å². The quantitative estimate of drug-likeness (QED) is 0.833. The average Bonchev–Trinajstić information content (AvgIpc) is 2.34. The van der Waals surface area contributed by atoms with Gasteiger partial charge in [-0.3, -0.25) is 4.90 Å². The second-order valence-electron chi connectivity index (χ2n) is 4.68. The van der Waals surface area contributed by atoms with Gasteiger partial charge in [-0.1, -0.05) is 36.0 Å². The lowest BCUT2D eigenvalue weighted by Gasteiger charge is -2.29. The van der Waals surface area contributed by atoms with Crippen LogP contribution in [0.2, 0.25) is 5.02 Å². The predicted molar refractivity (Wildman–Crippen MR) is 77.9 cm³/mol. The van der Waals surface area contributed by atoms with Crippen LogP contribution in [0.5, 0.6) is 0 Å². The van der Waals surface area contributed by atoms with Crippen molar-refractivity contribution in [3.05, 3.63) is 34.3 Å². The fourth-order valence-corrected chi connectivity index (χ4v) is 2.51. The molecule has 0 bridgehead atoms. The van der Waals surface area contributed by atoms with Crippen LogP contribution in [0.25, 0.3) is 0 Å². The largest absolute Gasteiger partial charge is 0.393 e. The molecule has 0 unspecified atom stereocenters. The van der Waals surface area contributed by atoms with Gasteiger partial charge in [0.1, 0.15) is 4.99 Å². The number of hydrogen-bond donors (Lipinski definition) is 2. The second kappa shape index (κ2) is 5.97. The zero-order valence-corrected chi connectivity index (χ0v) is 11.7. The van der Waals surface area contributed by atoms with E-state index < -0.39 is 0 Å². The molecule has 0 aromatic heterocycles. The standard InChI is InChI=1S/C13H17ClN2OS/c14-12-7-9(13(15)18)1-2-10(12)8-16-5-3-11(17)4-6-16/h1-2,7,11,17H,3-6,8H2,(H2,15,18). The van der Waals surface area contributed by atoms with Crippen molar-refractivity contribution in [2.75, 3.05) is 13.1 Å². The van der Waals surface area contributed by atoms with E-state index in [1.807, 2.05) is 18.2 Å². The Morgan fingerprint density at radius 2 is 2.11 bits per heavy atom. The lowest BCUT2D eigenvalue weighted by atomic mass is 10.1. The number of nitrogens with zero attached hydrogens (tertiary/aromatic N) is 1. The van der Waals surface area contributed by atoms with E-state index >= 15 is 0 Å². The minimum Gasteiger partial charge on any atom is -0.393 e. The highest BCUT2D eigenvalue weighted by molar-refractivity contribution is 7.80. The van der Waals surface area contributed by atoms with E-state index in [-0.39, 0.29) is 6.10 Å². The number of thiocarbonyl (C=S) groups is 1. The van der Waals surface area contributed by atoms with E-state index in [2.05, 4.69) is 4.90 Å². The summed E-state index contributed by atoms with van der Waals surface area (Å²) in [5.74, 6) is 0. The van der Waals surface area contributed by atoms with Gasteiger partial charge >= 0.3 is 0 Å². The van der Waals surface area contributed by atoms with Crippen LogP contribution in [-0.2, 0) is 6.54 Å². The summed E-state index contributed by atoms with van der Waals surface area (Å²) >= 11 is 11.2. The van der Waals surface area contributed by atoms with E-state index in [0.29, 0.717) is 10.0 Å². The fraction of sp³-hybridized carbons (Fsp3) is 0.462. The Morgan fingerprint density at radius 3 is 2.67 bits per heavy atom. The Hall–Kier alpha value is -0.680. The van der Waals surface area contributed by atoms with Crippen molar-refractivity contribution in [2.24, 2.45) is 5.73 Å². The first-order valence-electron chi connectivity index (χ1n) is 6.05. The number of hydrogen-bond acceptors (Lipinski definition) is 3. The molecular weight excluding hydrogens is 268 g/mol. The minimum atomic E-state index is -0.145. The van der Waals surface area contributed by atoms with Crippen LogP contribution in [0.1, 0.15) is 24.0 Å². The maximum atomic E-state index is 9.46. The molecule has 0 spiro atoms. The van der Waals surface area contributed by atoms with Crippen molar-refractivity contribution in [2.45, 2.75) is 25.5 Å². The van der Waals surface area contributed by atoms with Crippen molar-refractivity contribution in [3.63, 3.8) is 0 Å². The number of likely N-dealkylation sites (tertiary alicyclic amines) is 1. The van der Waals surface area contributed by atoms with E-state index in [9.17, 15) is 5.11 Å². The van der Waals surface area contributed by atoms with Crippen LogP contribution >= 0.6 is 23.8 Å². The molecular formula is C13H17ClN2OS. The topological polar surface area (TPSA) is 49.5 Å². The molecule has 1 saturated heterocycles. The number of aliphatic hydroxyl groups is 1. The maximum Gasteiger partial charge on any atom is 0.104 e. The number of piperidine rings is 1. The summed E-state index contributed by atoms with van der Waals surface area (Å²) in [6, 6.07) is 5.70. The molecule has 1 aliphatic heterocycles. The summed E-state index contributed by atoms with van der Waals surface area (Å²) in [4.78, 5) is 2.67. The Morgan fingerprint density at radius 1 is 1.44 bits per heavy atom. The molecule has 5 heteroatoms. The summed E-state index contributed by atoms with van der Waals surface area (Å²) in [6.45, 7) is 2.63. The van der Waals surface area contributed by atoms with Gasteiger partial charge in [0.25, 0.3) is 0 Å². The van der Waals surface area contributed by atoms with Gasteiger partial charge in [-0.15, -0.1) is 0 Å². The molecule has 0 atom stereocenters. The lowest BCUT2D eigenvalue weighted by molar-refractivity contribution is 0.0792. The first kappa shape index (κ1) is 13.7. The van der Waals surface area contributed by atoms with E-state index in [0.717, 1.165) is 43.6 Å². The Labute approximate surface area is 118 Å². The molecule has 0 aliphatic carbocycles. The molecule has 3 nitrogen and oxygen atoms in total. The van der Waals surface area contributed by atoms with Crippen molar-refractivity contribution in [1.82, 2.24) is 4.90 Å². The number of nitrogens with two attached hydrogens (primary N) is 1. The first-order valence-corrected chi connectivity index (χ1v) is 6.83. The number of aliphatic hydroxyl groups excluding tert-OH is 1. The molecule has 1 aromatic rings. The molecule has 98 valence electrons. The van der Waals surface area contributed by atoms with Gasteiger partial charge in [0.2, 0.25) is 0 Å². The Balaban J connectivity index is 2.03. The lowest BCUT2D eigenvalue weighted by Crippen LogP contribution is -2.35. The molecule has 0 saturated carbocycles. The van der Waals surface area contributed by atoms with Crippen molar-refractivity contribution < 1.29 is 5.11 Å². The third kappa shape index (κ3) is 3.42. The molecule has 1 fully saturated rings. The van der Waals surface area contributed by atoms with Gasteiger partial charge in [0.15, 0.2) is 0 Å². The highest BCUT2D eigenvalue weighted by atomic mass is 35.5. The zero-order chi connectivity index (χ0) is 13.1. The molecule has 0 radical (unpaired) electrons. The van der Waals surface area contributed by atoms with Crippen LogP contribution < -0.4 is 5.73 Å². The maximum absolute atomic E-state index is 9.46. The van der Waals surface area contributed by atoms with Gasteiger partial charge in [0, 0.05) is 30.2 Å². The van der Waals surface area contributed by atoms with Gasteiger partial charge < -0.3 is 10.8 Å². The first-order chi connectivity index (χ1) is 8.56. The van der Waals surface area contributed by atoms with Gasteiger partial charge in [-0.25, -0.2) is 0 Å². The van der Waals surface area contributed by atoms with Crippen molar-refractivity contribution >= 4 is 28.8 Å². The highest BCUT2D eigenvalue weighted by Crippen LogP contribution is 2.21. The third-order valence-corrected chi connectivity index (χ3v) is 3.88. The molecule has 1 aliphatic rings. The summed E-state index contributed by atoms with van der Waals surface area (Å²) < 4.78 is 0. The monoisotopic (exact) mass is 284 g/mol. The normalized spacial score (nSPS) is 17.9. The van der Waals surface area contributed by atoms with Crippen molar-refractivity contribution in [3.8, 4) is 0 Å². The summed E-state index contributed by atoms with van der Waals surface area (Å²) in [6.07, 6.45) is 1.53. The Bertz CT molecular complexity index is 445. The van der Waals surface area contributed by atoms with E-state index in [1.54, 1.807) is 0 Å². The summed E-state index contributed by atoms with van der Waals surface area (Å²) in [5, 5.41) is 10.2. The fourth-order valence-electron chi connectivity index (χ4n) is 2.15. The highest BCUT2D eigenvalue weighted by Gasteiger charge is 2.17. The smallest absolute Gasteiger partial charge is 0.104 e. The van der Waals surface area contributed by atoms with E-state index in [4.69, 9.17) is 29.6 Å². The number of rotatable bonds is 3. The summed E-state index contributed by atoms with van der Waals surface area (Å²) in [5.41, 5.74) is 7.44. The second-order valence-corrected chi connectivity index (χ2v) is 5.52. The Kier molecular flexibility index (Phi) is 4.56. The third-order valence-electron chi connectivity index (χ3n) is 3.29. The molecule has 3 N–H and O–H groups in total. The van der Waals surface area contributed by atoms with Crippen LogP contribution in [0.3, 0.4) is 0 Å². The summed E-state index contributed by atoms with van der Waals surface area (Å²) in [7, 11) is 0. The van der Waals surface area contributed by atoms with Crippen LogP contribution in [0, 0.1) is 0 Å². The van der Waals surface area contributed by atoms with Gasteiger partial charge in [-0.05, 0) is 24.5 Å². The SMILES string of the molecule is NC(=S)c1ccc(CN2CCC(O)CC2)c(Cl)c1. The van der Waals surface area contributed by atoms with Gasteiger partial charge in [-0.2, -0.15) is 0 Å². The predicted octanol–water partition coefficient (Wildman–Crippen LogP) is 1.93. The van der Waals surface area contributed by atoms with Gasteiger partial charge in [0.05, 0.1) is 6.10 Å². The van der Waals surface area contributed by atoms with Crippen LogP contribution in [0.15, 0.2) is 18.2 Å². The molecule has 1 heterocycles. The van der Waals surface area contributed by atoms with Crippen molar-refractivity contribution in [1.29, 1.82) is 0 Å². The molecule has 0 amide bonds. The average molecular weight is 285 g/mol. The molecule has 1 aromatic carbocycles. The van der Waals surface area contributed by atoms with E-state index in [1.165, 1.54) is 0 Å². The number of benzene rings is 1. The zero-order valence-electron chi connectivity index (χ0n) is 10.1. The number of halogens is 1.